The first-order chi connectivity index (χ1) is 11.0. The van der Waals surface area contributed by atoms with Crippen molar-refractivity contribution in [1.29, 1.82) is 0 Å². The van der Waals surface area contributed by atoms with Crippen molar-refractivity contribution >= 4 is 11.7 Å². The number of nitrogens with zero attached hydrogens (tertiary/aromatic N) is 2. The second kappa shape index (κ2) is 6.88. The number of hydrogen-bond donors (Lipinski definition) is 1. The molecule has 4 nitrogen and oxygen atoms in total. The Morgan fingerprint density at radius 2 is 1.67 bits per heavy atom. The number of urea groups is 1. The number of alkyl halides is 6. The molecule has 0 aromatic heterocycles. The highest BCUT2D eigenvalue weighted by atomic mass is 19.4. The Morgan fingerprint density at radius 1 is 1.04 bits per heavy atom. The first-order valence-corrected chi connectivity index (χ1v) is 7.07. The summed E-state index contributed by atoms with van der Waals surface area (Å²) in [6.45, 7) is -0.803. The van der Waals surface area contributed by atoms with Crippen molar-refractivity contribution in [2.45, 2.75) is 12.4 Å². The van der Waals surface area contributed by atoms with Gasteiger partial charge in [0.25, 0.3) is 0 Å². The molecule has 134 valence electrons. The zero-order chi connectivity index (χ0) is 18.0. The van der Waals surface area contributed by atoms with Gasteiger partial charge in [0, 0.05) is 31.9 Å². The Morgan fingerprint density at radius 3 is 2.21 bits per heavy atom. The molecule has 10 heteroatoms. The van der Waals surface area contributed by atoms with Crippen molar-refractivity contribution in [1.82, 2.24) is 9.80 Å². The fourth-order valence-electron chi connectivity index (χ4n) is 2.34. The lowest BCUT2D eigenvalue weighted by molar-refractivity contribution is -0.148. The van der Waals surface area contributed by atoms with Gasteiger partial charge in [0.1, 0.15) is 0 Å². The van der Waals surface area contributed by atoms with Gasteiger partial charge in [-0.25, -0.2) is 4.79 Å². The fourth-order valence-corrected chi connectivity index (χ4v) is 2.34. The molecule has 1 N–H and O–H groups in total. The van der Waals surface area contributed by atoms with Gasteiger partial charge < -0.3 is 10.2 Å². The maximum atomic E-state index is 12.6. The van der Waals surface area contributed by atoms with Gasteiger partial charge in [-0.15, -0.1) is 0 Å². The molecule has 0 bridgehead atoms. The van der Waals surface area contributed by atoms with E-state index < -0.39 is 30.5 Å². The van der Waals surface area contributed by atoms with Crippen LogP contribution >= 0.6 is 0 Å². The van der Waals surface area contributed by atoms with E-state index in [0.29, 0.717) is 0 Å². The topological polar surface area (TPSA) is 35.6 Å². The third-order valence-electron chi connectivity index (χ3n) is 3.50. The number of anilines is 1. The predicted octanol–water partition coefficient (Wildman–Crippen LogP) is 3.42. The van der Waals surface area contributed by atoms with Crippen LogP contribution < -0.4 is 5.32 Å². The SMILES string of the molecule is O=C(Nc1cccc(C(F)(F)F)c1)N1CCN(CC(F)(F)F)CC1. The van der Waals surface area contributed by atoms with Crippen molar-refractivity contribution in [3.05, 3.63) is 29.8 Å². The summed E-state index contributed by atoms with van der Waals surface area (Å²) in [5.41, 5.74) is -0.914. The number of carbonyl (C=O) groups excluding carboxylic acids is 1. The molecule has 1 heterocycles. The minimum Gasteiger partial charge on any atom is -0.322 e. The predicted molar refractivity (Wildman–Crippen MR) is 74.5 cm³/mol. The summed E-state index contributed by atoms with van der Waals surface area (Å²) in [7, 11) is 0. The molecule has 1 aliphatic rings. The van der Waals surface area contributed by atoms with E-state index in [2.05, 4.69) is 5.32 Å². The Kier molecular flexibility index (Phi) is 5.26. The van der Waals surface area contributed by atoms with Crippen LogP contribution in [0.5, 0.6) is 0 Å². The number of halogens is 6. The van der Waals surface area contributed by atoms with Crippen LogP contribution in [0, 0.1) is 0 Å². The van der Waals surface area contributed by atoms with Crippen molar-refractivity contribution in [2.24, 2.45) is 0 Å². The molecule has 1 aromatic rings. The normalized spacial score (nSPS) is 17.0. The molecule has 0 radical (unpaired) electrons. The summed E-state index contributed by atoms with van der Waals surface area (Å²) in [6.07, 6.45) is -8.83. The van der Waals surface area contributed by atoms with Crippen LogP contribution in [0.4, 0.5) is 36.8 Å². The number of carbonyl (C=O) groups is 1. The van der Waals surface area contributed by atoms with Gasteiger partial charge >= 0.3 is 18.4 Å². The van der Waals surface area contributed by atoms with E-state index in [1.54, 1.807) is 0 Å². The summed E-state index contributed by atoms with van der Waals surface area (Å²) in [4.78, 5) is 14.5. The Balaban J connectivity index is 1.90. The van der Waals surface area contributed by atoms with E-state index in [-0.39, 0.29) is 31.9 Å². The highest BCUT2D eigenvalue weighted by Gasteiger charge is 2.33. The first-order valence-electron chi connectivity index (χ1n) is 7.07. The second-order valence-corrected chi connectivity index (χ2v) is 5.39. The van der Waals surface area contributed by atoms with E-state index in [9.17, 15) is 31.1 Å². The molecule has 0 unspecified atom stereocenters. The molecule has 0 atom stereocenters. The number of nitrogens with one attached hydrogen (secondary N) is 1. The molecule has 0 saturated carbocycles. The standard InChI is InChI=1S/C14H15F6N3O/c15-13(16,17)9-22-4-6-23(7-5-22)12(24)21-11-3-1-2-10(8-11)14(18,19)20/h1-3,8H,4-7,9H2,(H,21,24). The Hall–Kier alpha value is -1.97. The number of amides is 2. The molecule has 1 fully saturated rings. The van der Waals surface area contributed by atoms with Crippen LogP contribution in [-0.4, -0.2) is 54.7 Å². The van der Waals surface area contributed by atoms with Crippen molar-refractivity contribution < 1.29 is 31.1 Å². The monoisotopic (exact) mass is 355 g/mol. The summed E-state index contributed by atoms with van der Waals surface area (Å²) < 4.78 is 74.7. The molecule has 1 aromatic carbocycles. The second-order valence-electron chi connectivity index (χ2n) is 5.39. The summed E-state index contributed by atoms with van der Waals surface area (Å²) in [5, 5.41) is 2.33. The molecule has 1 aliphatic heterocycles. The Labute approximate surface area is 134 Å². The van der Waals surface area contributed by atoms with Crippen LogP contribution in [0.1, 0.15) is 5.56 Å². The molecular weight excluding hydrogens is 340 g/mol. The largest absolute Gasteiger partial charge is 0.416 e. The molecule has 24 heavy (non-hydrogen) atoms. The average Bonchev–Trinajstić information content (AvgIpc) is 2.45. The Bertz CT molecular complexity index is 579. The maximum Gasteiger partial charge on any atom is 0.416 e. The van der Waals surface area contributed by atoms with Gasteiger partial charge in [0.15, 0.2) is 0 Å². The van der Waals surface area contributed by atoms with Crippen LogP contribution in [-0.2, 0) is 6.18 Å². The lowest BCUT2D eigenvalue weighted by Crippen LogP contribution is -2.51. The van der Waals surface area contributed by atoms with Crippen LogP contribution in [0.3, 0.4) is 0 Å². The van der Waals surface area contributed by atoms with Gasteiger partial charge in [-0.2, -0.15) is 26.3 Å². The van der Waals surface area contributed by atoms with Crippen molar-refractivity contribution in [3.8, 4) is 0 Å². The van der Waals surface area contributed by atoms with Gasteiger partial charge in [-0.3, -0.25) is 4.90 Å². The van der Waals surface area contributed by atoms with Gasteiger partial charge in [-0.05, 0) is 18.2 Å². The number of piperazine rings is 1. The molecule has 2 amide bonds. The van der Waals surface area contributed by atoms with Crippen LogP contribution in [0.15, 0.2) is 24.3 Å². The first kappa shape index (κ1) is 18.4. The zero-order valence-electron chi connectivity index (χ0n) is 12.4. The highest BCUT2D eigenvalue weighted by Crippen LogP contribution is 2.30. The van der Waals surface area contributed by atoms with Crippen molar-refractivity contribution in [2.75, 3.05) is 38.0 Å². The molecule has 1 saturated heterocycles. The molecular formula is C14H15F6N3O. The average molecular weight is 355 g/mol. The lowest BCUT2D eigenvalue weighted by Gasteiger charge is -2.34. The highest BCUT2D eigenvalue weighted by molar-refractivity contribution is 5.89. The lowest BCUT2D eigenvalue weighted by atomic mass is 10.2. The van der Waals surface area contributed by atoms with Gasteiger partial charge in [0.2, 0.25) is 0 Å². The van der Waals surface area contributed by atoms with E-state index in [1.165, 1.54) is 21.9 Å². The van der Waals surface area contributed by atoms with Gasteiger partial charge in [0.05, 0.1) is 12.1 Å². The zero-order valence-corrected chi connectivity index (χ0v) is 12.4. The van der Waals surface area contributed by atoms with Crippen LogP contribution in [0.25, 0.3) is 0 Å². The van der Waals surface area contributed by atoms with E-state index in [1.807, 2.05) is 0 Å². The molecule has 2 rings (SSSR count). The smallest absolute Gasteiger partial charge is 0.322 e. The third-order valence-corrected chi connectivity index (χ3v) is 3.50. The number of hydrogen-bond acceptors (Lipinski definition) is 2. The van der Waals surface area contributed by atoms with Crippen LogP contribution in [0.2, 0.25) is 0 Å². The third kappa shape index (κ3) is 5.29. The quantitative estimate of drug-likeness (QED) is 0.826. The summed E-state index contributed by atoms with van der Waals surface area (Å²) in [5.74, 6) is 0. The van der Waals surface area contributed by atoms with E-state index in [0.717, 1.165) is 12.1 Å². The van der Waals surface area contributed by atoms with E-state index >= 15 is 0 Å². The molecule has 0 aliphatic carbocycles. The minimum atomic E-state index is -4.52. The summed E-state index contributed by atoms with van der Waals surface area (Å²) >= 11 is 0. The maximum absolute atomic E-state index is 12.6. The minimum absolute atomic E-state index is 0.0208. The molecule has 0 spiro atoms. The van der Waals surface area contributed by atoms with Gasteiger partial charge in [-0.1, -0.05) is 6.07 Å². The fraction of sp³-hybridized carbons (Fsp3) is 0.500. The van der Waals surface area contributed by atoms with E-state index in [4.69, 9.17) is 0 Å². The number of benzene rings is 1. The number of rotatable bonds is 2. The summed E-state index contributed by atoms with van der Waals surface area (Å²) in [6, 6.07) is 3.52. The van der Waals surface area contributed by atoms with Crippen molar-refractivity contribution in [3.63, 3.8) is 0 Å².